The summed E-state index contributed by atoms with van der Waals surface area (Å²) in [5.41, 5.74) is 2.05. The Morgan fingerprint density at radius 3 is 2.58 bits per heavy atom. The highest BCUT2D eigenvalue weighted by Crippen LogP contribution is 2.29. The number of benzene rings is 2. The van der Waals surface area contributed by atoms with E-state index in [9.17, 15) is 9.90 Å². The summed E-state index contributed by atoms with van der Waals surface area (Å²) in [6.45, 7) is 4.06. The summed E-state index contributed by atoms with van der Waals surface area (Å²) in [5.74, 6) is -0.501. The van der Waals surface area contributed by atoms with E-state index in [1.165, 1.54) is 0 Å². The van der Waals surface area contributed by atoms with Crippen molar-refractivity contribution in [2.75, 3.05) is 6.61 Å². The highest BCUT2D eigenvalue weighted by molar-refractivity contribution is 7.14. The summed E-state index contributed by atoms with van der Waals surface area (Å²) in [7, 11) is 0. The molecule has 0 amide bonds. The number of para-hydroxylation sites is 1. The molecule has 1 heterocycles. The van der Waals surface area contributed by atoms with E-state index in [0.717, 1.165) is 28.2 Å². The zero-order valence-electron chi connectivity index (χ0n) is 13.9. The zero-order chi connectivity index (χ0) is 18.4. The van der Waals surface area contributed by atoms with E-state index in [4.69, 9.17) is 4.74 Å². The zero-order valence-corrected chi connectivity index (χ0v) is 14.7. The first-order valence-electron chi connectivity index (χ1n) is 7.97. The molecule has 26 heavy (non-hydrogen) atoms. The third-order valence-corrected chi connectivity index (χ3v) is 4.56. The first-order valence-corrected chi connectivity index (χ1v) is 8.79. The van der Waals surface area contributed by atoms with E-state index >= 15 is 0 Å². The van der Waals surface area contributed by atoms with Crippen LogP contribution in [0.5, 0.6) is 5.75 Å². The topological polar surface area (TPSA) is 62.2 Å². The van der Waals surface area contributed by atoms with E-state index < -0.39 is 5.97 Å². The molecule has 0 saturated carbocycles. The molecule has 4 nitrogen and oxygen atoms in total. The number of hydrogen-bond acceptors (Lipinski definition) is 5. The molecule has 0 aliphatic carbocycles. The Labute approximate surface area is 155 Å². The van der Waals surface area contributed by atoms with Gasteiger partial charge in [0.25, 0.3) is 0 Å². The fourth-order valence-electron chi connectivity index (χ4n) is 2.40. The summed E-state index contributed by atoms with van der Waals surface area (Å²) in [5, 5.41) is 12.0. The van der Waals surface area contributed by atoms with Crippen LogP contribution in [-0.4, -0.2) is 17.6 Å². The minimum absolute atomic E-state index is 0.118. The van der Waals surface area contributed by atoms with Crippen molar-refractivity contribution in [1.29, 1.82) is 0 Å². The van der Waals surface area contributed by atoms with E-state index in [0.29, 0.717) is 17.3 Å². The fraction of sp³-hybridized carbons (Fsp3) is 0.0476. The molecule has 0 atom stereocenters. The van der Waals surface area contributed by atoms with Crippen molar-refractivity contribution in [3.8, 4) is 17.0 Å². The Morgan fingerprint density at radius 2 is 1.85 bits per heavy atom. The molecule has 130 valence electrons. The number of carboxylic acids is 1. The molecule has 0 saturated heterocycles. The maximum absolute atomic E-state index is 11.5. The molecule has 1 aromatic heterocycles. The lowest BCUT2D eigenvalue weighted by molar-refractivity contribution is -0.254. The smallest absolute Gasteiger partial charge is 0.126 e. The van der Waals surface area contributed by atoms with Gasteiger partial charge in [0.05, 0.1) is 16.5 Å². The van der Waals surface area contributed by atoms with E-state index in [1.807, 2.05) is 60.7 Å². The maximum Gasteiger partial charge on any atom is 0.126 e. The van der Waals surface area contributed by atoms with Gasteiger partial charge in [0.1, 0.15) is 17.4 Å². The molecule has 0 radical (unpaired) electrons. The molecule has 0 unspecified atom stereocenters. The number of hydrogen-bond donors (Lipinski definition) is 0. The van der Waals surface area contributed by atoms with Crippen LogP contribution in [0.25, 0.3) is 23.4 Å². The number of aromatic nitrogens is 1. The first-order chi connectivity index (χ1) is 12.7. The van der Waals surface area contributed by atoms with Gasteiger partial charge in [-0.2, -0.15) is 0 Å². The first kappa shape index (κ1) is 17.6. The van der Waals surface area contributed by atoms with Crippen LogP contribution in [0.1, 0.15) is 20.2 Å². The normalized spacial score (nSPS) is 10.8. The van der Waals surface area contributed by atoms with Crippen molar-refractivity contribution in [3.63, 3.8) is 0 Å². The van der Waals surface area contributed by atoms with Gasteiger partial charge < -0.3 is 14.6 Å². The summed E-state index contributed by atoms with van der Waals surface area (Å²) >= 11 is 1.09. The van der Waals surface area contributed by atoms with Gasteiger partial charge in [0, 0.05) is 11.1 Å². The van der Waals surface area contributed by atoms with Gasteiger partial charge in [0.15, 0.2) is 0 Å². The predicted octanol–water partition coefficient (Wildman–Crippen LogP) is 3.91. The van der Waals surface area contributed by atoms with Gasteiger partial charge in [0.2, 0.25) is 0 Å². The molecule has 2 aromatic carbocycles. The van der Waals surface area contributed by atoms with Crippen LogP contribution in [0.4, 0.5) is 0 Å². The maximum atomic E-state index is 11.5. The third kappa shape index (κ3) is 4.07. The van der Waals surface area contributed by atoms with Crippen LogP contribution in [0.15, 0.2) is 67.3 Å². The number of rotatable bonds is 7. The summed E-state index contributed by atoms with van der Waals surface area (Å²) in [6, 6.07) is 16.8. The van der Waals surface area contributed by atoms with Crippen LogP contribution >= 0.6 is 11.3 Å². The number of carboxylic acid groups (broad SMARTS) is 1. The van der Waals surface area contributed by atoms with Gasteiger partial charge >= 0.3 is 0 Å². The van der Waals surface area contributed by atoms with Crippen molar-refractivity contribution >= 4 is 29.5 Å². The minimum atomic E-state index is -1.23. The molecule has 3 rings (SSSR count). The van der Waals surface area contributed by atoms with Crippen molar-refractivity contribution in [2.24, 2.45) is 0 Å². The van der Waals surface area contributed by atoms with Crippen molar-refractivity contribution in [2.45, 2.75) is 0 Å². The largest absolute Gasteiger partial charge is 0.544 e. The Morgan fingerprint density at radius 1 is 1.12 bits per heavy atom. The summed E-state index contributed by atoms with van der Waals surface area (Å²) < 4.78 is 5.62. The lowest BCUT2D eigenvalue weighted by atomic mass is 10.1. The molecular weight excluding hydrogens is 346 g/mol. The van der Waals surface area contributed by atoms with Gasteiger partial charge in [-0.3, -0.25) is 0 Å². The Balaban J connectivity index is 1.93. The number of carbonyl (C=O) groups is 1. The highest BCUT2D eigenvalue weighted by atomic mass is 32.1. The molecule has 3 aromatic rings. The molecule has 0 N–H and O–H groups in total. The SMILES string of the molecule is C=CCOc1ccccc1/C=C/c1nc(-c2ccccc2)c(C(=O)[O-])s1. The second-order valence-corrected chi connectivity index (χ2v) is 6.38. The lowest BCUT2D eigenvalue weighted by Gasteiger charge is -2.06. The van der Waals surface area contributed by atoms with Crippen molar-refractivity contribution in [1.82, 2.24) is 4.98 Å². The Bertz CT molecular complexity index is 945. The molecular formula is C21H16NO3S-. The van der Waals surface area contributed by atoms with Gasteiger partial charge in [-0.15, -0.1) is 11.3 Å². The molecule has 0 fully saturated rings. The lowest BCUT2D eigenvalue weighted by Crippen LogP contribution is -2.21. The second-order valence-electron chi connectivity index (χ2n) is 5.35. The molecule has 0 spiro atoms. The van der Waals surface area contributed by atoms with Crippen molar-refractivity contribution in [3.05, 3.63) is 82.7 Å². The van der Waals surface area contributed by atoms with Gasteiger partial charge in [-0.05, 0) is 18.2 Å². The standard InChI is InChI=1S/C21H17NO3S/c1-2-14-25-17-11-7-6-8-15(17)12-13-18-22-19(20(26-18)21(23)24)16-9-4-3-5-10-16/h2-13H,1,14H2,(H,23,24)/p-1/b13-12+. The molecule has 5 heteroatoms. The summed E-state index contributed by atoms with van der Waals surface area (Å²) in [4.78, 5) is 16.0. The Kier molecular flexibility index (Phi) is 5.61. The minimum Gasteiger partial charge on any atom is -0.544 e. The van der Waals surface area contributed by atoms with Crippen LogP contribution in [-0.2, 0) is 0 Å². The number of carbonyl (C=O) groups excluding carboxylic acids is 1. The van der Waals surface area contributed by atoms with Crippen LogP contribution in [0.3, 0.4) is 0 Å². The number of thiazole rings is 1. The number of aromatic carboxylic acids is 1. The van der Waals surface area contributed by atoms with Crippen LogP contribution < -0.4 is 9.84 Å². The summed E-state index contributed by atoms with van der Waals surface area (Å²) in [6.07, 6.45) is 5.31. The van der Waals surface area contributed by atoms with Crippen molar-refractivity contribution < 1.29 is 14.6 Å². The van der Waals surface area contributed by atoms with Gasteiger partial charge in [-0.1, -0.05) is 61.2 Å². The monoisotopic (exact) mass is 362 g/mol. The highest BCUT2D eigenvalue weighted by Gasteiger charge is 2.12. The Hall–Kier alpha value is -3.18. The third-order valence-electron chi connectivity index (χ3n) is 3.56. The predicted molar refractivity (Wildman–Crippen MR) is 103 cm³/mol. The second kappa shape index (κ2) is 8.27. The van der Waals surface area contributed by atoms with Gasteiger partial charge in [-0.25, -0.2) is 4.98 Å². The van der Waals surface area contributed by atoms with E-state index in [1.54, 1.807) is 12.2 Å². The average molecular weight is 362 g/mol. The molecule has 0 bridgehead atoms. The number of ether oxygens (including phenoxy) is 1. The van der Waals surface area contributed by atoms with E-state index in [-0.39, 0.29) is 4.88 Å². The number of nitrogens with zero attached hydrogens (tertiary/aromatic N) is 1. The van der Waals surface area contributed by atoms with Crippen LogP contribution in [0.2, 0.25) is 0 Å². The molecule has 0 aliphatic rings. The van der Waals surface area contributed by atoms with Crippen LogP contribution in [0, 0.1) is 0 Å². The quantitative estimate of drug-likeness (QED) is 0.598. The van der Waals surface area contributed by atoms with E-state index in [2.05, 4.69) is 11.6 Å². The average Bonchev–Trinajstić information content (AvgIpc) is 3.11. The fourth-order valence-corrected chi connectivity index (χ4v) is 3.22. The molecule has 0 aliphatic heterocycles.